The maximum atomic E-state index is 10.9. The number of H-pyrrole nitrogens is 1. The van der Waals surface area contributed by atoms with Crippen molar-refractivity contribution < 1.29 is 9.90 Å². The summed E-state index contributed by atoms with van der Waals surface area (Å²) in [6.45, 7) is 4.04. The minimum absolute atomic E-state index is 0.376. The van der Waals surface area contributed by atoms with Crippen molar-refractivity contribution in [3.05, 3.63) is 27.7 Å². The van der Waals surface area contributed by atoms with Gasteiger partial charge >= 0.3 is 5.97 Å². The summed E-state index contributed by atoms with van der Waals surface area (Å²) in [5.74, 6) is -0.870. The zero-order chi connectivity index (χ0) is 12.4. The lowest BCUT2D eigenvalue weighted by Gasteiger charge is -2.00. The fourth-order valence-corrected chi connectivity index (χ4v) is 2.71. The third kappa shape index (κ3) is 2.24. The topological polar surface area (TPSA) is 66.0 Å². The second-order valence-corrected chi connectivity index (χ2v) is 5.15. The summed E-state index contributed by atoms with van der Waals surface area (Å²) in [5.41, 5.74) is 3.07. The average molecular weight is 250 g/mol. The molecule has 0 spiro atoms. The van der Waals surface area contributed by atoms with Crippen molar-refractivity contribution in [1.29, 1.82) is 0 Å². The van der Waals surface area contributed by atoms with Gasteiger partial charge in [-0.15, -0.1) is 11.3 Å². The first kappa shape index (κ1) is 11.9. The van der Waals surface area contributed by atoms with Crippen LogP contribution in [-0.4, -0.2) is 21.3 Å². The smallest absolute Gasteiger partial charge is 0.345 e. The predicted molar refractivity (Wildman–Crippen MR) is 67.6 cm³/mol. The Balaban J connectivity index is 2.45. The van der Waals surface area contributed by atoms with Crippen LogP contribution in [0.5, 0.6) is 0 Å². The molecule has 4 nitrogen and oxygen atoms in total. The summed E-state index contributed by atoms with van der Waals surface area (Å²) < 4.78 is 0. The zero-order valence-corrected chi connectivity index (χ0v) is 10.6. The highest BCUT2D eigenvalue weighted by Crippen LogP contribution is 2.32. The monoisotopic (exact) mass is 250 g/mol. The molecular weight excluding hydrogens is 236 g/mol. The molecule has 90 valence electrons. The number of hydrogen-bond donors (Lipinski definition) is 2. The molecule has 0 saturated carbocycles. The van der Waals surface area contributed by atoms with Gasteiger partial charge in [0.05, 0.1) is 6.20 Å². The molecule has 2 N–H and O–H groups in total. The van der Waals surface area contributed by atoms with Gasteiger partial charge in [-0.2, -0.15) is 5.10 Å². The fraction of sp³-hybridized carbons (Fsp3) is 0.333. The Morgan fingerprint density at radius 2 is 2.29 bits per heavy atom. The Morgan fingerprint density at radius 1 is 1.53 bits per heavy atom. The first-order valence-electron chi connectivity index (χ1n) is 5.49. The number of hydrogen-bond acceptors (Lipinski definition) is 3. The number of carboxylic acid groups (broad SMARTS) is 1. The van der Waals surface area contributed by atoms with E-state index >= 15 is 0 Å². The molecule has 2 aromatic rings. The molecule has 2 rings (SSSR count). The minimum atomic E-state index is -0.870. The van der Waals surface area contributed by atoms with Gasteiger partial charge in [0, 0.05) is 16.1 Å². The van der Waals surface area contributed by atoms with E-state index in [9.17, 15) is 4.79 Å². The van der Waals surface area contributed by atoms with Gasteiger partial charge in [-0.3, -0.25) is 5.10 Å². The van der Waals surface area contributed by atoms with Crippen LogP contribution in [-0.2, 0) is 6.42 Å². The molecule has 0 atom stereocenters. The van der Waals surface area contributed by atoms with Crippen LogP contribution in [0, 0.1) is 6.92 Å². The predicted octanol–water partition coefficient (Wildman–Crippen LogP) is 3.10. The molecule has 0 radical (unpaired) electrons. The van der Waals surface area contributed by atoms with E-state index in [0.717, 1.165) is 34.5 Å². The van der Waals surface area contributed by atoms with Gasteiger partial charge in [0.1, 0.15) is 4.88 Å². The molecule has 2 aromatic heterocycles. The summed E-state index contributed by atoms with van der Waals surface area (Å²) in [6, 6.07) is 1.73. The Bertz CT molecular complexity index is 542. The van der Waals surface area contributed by atoms with Gasteiger partial charge in [-0.25, -0.2) is 4.79 Å². The zero-order valence-electron chi connectivity index (χ0n) is 9.78. The van der Waals surface area contributed by atoms with Crippen LogP contribution >= 0.6 is 11.3 Å². The SMILES string of the molecule is CCCc1[nH]ncc1-c1cc(C(=O)O)sc1C. The molecule has 0 aliphatic heterocycles. The number of thiophene rings is 1. The standard InChI is InChI=1S/C12H14N2O2S/c1-3-4-10-9(6-13-14-10)8-5-11(12(15)16)17-7(8)2/h5-6H,3-4H2,1-2H3,(H,13,14)(H,15,16). The molecule has 5 heteroatoms. The number of aryl methyl sites for hydroxylation is 2. The fourth-order valence-electron chi connectivity index (χ4n) is 1.84. The number of nitrogens with one attached hydrogen (secondary N) is 1. The largest absolute Gasteiger partial charge is 0.477 e. The van der Waals surface area contributed by atoms with Crippen molar-refractivity contribution in [3.63, 3.8) is 0 Å². The maximum absolute atomic E-state index is 10.9. The molecule has 0 amide bonds. The third-order valence-corrected chi connectivity index (χ3v) is 3.68. The van der Waals surface area contributed by atoms with E-state index < -0.39 is 5.97 Å². The highest BCUT2D eigenvalue weighted by atomic mass is 32.1. The van der Waals surface area contributed by atoms with Crippen molar-refractivity contribution in [3.8, 4) is 11.1 Å². The van der Waals surface area contributed by atoms with Crippen molar-refractivity contribution in [2.45, 2.75) is 26.7 Å². The highest BCUT2D eigenvalue weighted by molar-refractivity contribution is 7.14. The number of aromatic carboxylic acids is 1. The molecule has 0 aromatic carbocycles. The van der Waals surface area contributed by atoms with Gasteiger partial charge in [0.2, 0.25) is 0 Å². The molecular formula is C12H14N2O2S. The molecule has 0 saturated heterocycles. The van der Waals surface area contributed by atoms with E-state index in [1.54, 1.807) is 12.3 Å². The second kappa shape index (κ2) is 4.71. The minimum Gasteiger partial charge on any atom is -0.477 e. The van der Waals surface area contributed by atoms with E-state index in [4.69, 9.17) is 5.11 Å². The quantitative estimate of drug-likeness (QED) is 0.876. The van der Waals surface area contributed by atoms with Gasteiger partial charge in [-0.05, 0) is 25.0 Å². The van der Waals surface area contributed by atoms with E-state index in [0.29, 0.717) is 4.88 Å². The van der Waals surface area contributed by atoms with Crippen LogP contribution in [0.3, 0.4) is 0 Å². The number of carbonyl (C=O) groups is 1. The maximum Gasteiger partial charge on any atom is 0.345 e. The van der Waals surface area contributed by atoms with Crippen molar-refractivity contribution in [1.82, 2.24) is 10.2 Å². The summed E-state index contributed by atoms with van der Waals surface area (Å²) in [5, 5.41) is 16.0. The Morgan fingerprint density at radius 3 is 2.88 bits per heavy atom. The normalized spacial score (nSPS) is 10.7. The molecule has 0 bridgehead atoms. The van der Waals surface area contributed by atoms with Crippen molar-refractivity contribution in [2.24, 2.45) is 0 Å². The molecule has 0 fully saturated rings. The van der Waals surface area contributed by atoms with Crippen molar-refractivity contribution >= 4 is 17.3 Å². The number of rotatable bonds is 4. The van der Waals surface area contributed by atoms with Gasteiger partial charge in [-0.1, -0.05) is 13.3 Å². The van der Waals surface area contributed by atoms with Crippen LogP contribution < -0.4 is 0 Å². The number of aromatic nitrogens is 2. The molecule has 0 aliphatic carbocycles. The van der Waals surface area contributed by atoms with Crippen LogP contribution in [0.1, 0.15) is 33.6 Å². The van der Waals surface area contributed by atoms with Gasteiger partial charge in [0.15, 0.2) is 0 Å². The van der Waals surface area contributed by atoms with Crippen molar-refractivity contribution in [2.75, 3.05) is 0 Å². The molecule has 0 unspecified atom stereocenters. The second-order valence-electron chi connectivity index (χ2n) is 3.90. The van der Waals surface area contributed by atoms with E-state index in [2.05, 4.69) is 17.1 Å². The molecule has 17 heavy (non-hydrogen) atoms. The van der Waals surface area contributed by atoms with Crippen LogP contribution in [0.15, 0.2) is 12.3 Å². The average Bonchev–Trinajstić information content (AvgIpc) is 2.85. The Hall–Kier alpha value is -1.62. The Kier molecular flexibility index (Phi) is 3.28. The molecule has 2 heterocycles. The lowest BCUT2D eigenvalue weighted by atomic mass is 10.0. The first-order chi connectivity index (χ1) is 8.13. The summed E-state index contributed by atoms with van der Waals surface area (Å²) in [7, 11) is 0. The first-order valence-corrected chi connectivity index (χ1v) is 6.31. The summed E-state index contributed by atoms with van der Waals surface area (Å²) in [6.07, 6.45) is 3.73. The number of nitrogens with zero attached hydrogens (tertiary/aromatic N) is 1. The number of aromatic amines is 1. The van der Waals surface area contributed by atoms with E-state index in [1.807, 2.05) is 6.92 Å². The van der Waals surface area contributed by atoms with Crippen LogP contribution in [0.2, 0.25) is 0 Å². The van der Waals surface area contributed by atoms with Crippen LogP contribution in [0.25, 0.3) is 11.1 Å². The van der Waals surface area contributed by atoms with Crippen LogP contribution in [0.4, 0.5) is 0 Å². The molecule has 0 aliphatic rings. The van der Waals surface area contributed by atoms with Gasteiger partial charge in [0.25, 0.3) is 0 Å². The summed E-state index contributed by atoms with van der Waals surface area (Å²) >= 11 is 1.31. The summed E-state index contributed by atoms with van der Waals surface area (Å²) in [4.78, 5) is 12.3. The van der Waals surface area contributed by atoms with Gasteiger partial charge < -0.3 is 5.11 Å². The lowest BCUT2D eigenvalue weighted by Crippen LogP contribution is -1.90. The Labute approximate surface area is 103 Å². The third-order valence-electron chi connectivity index (χ3n) is 2.64. The highest BCUT2D eigenvalue weighted by Gasteiger charge is 2.15. The van der Waals surface area contributed by atoms with E-state index in [1.165, 1.54) is 11.3 Å². The van der Waals surface area contributed by atoms with E-state index in [-0.39, 0.29) is 0 Å². The lowest BCUT2D eigenvalue weighted by molar-refractivity contribution is 0.0702. The number of carboxylic acids is 1.